The Balaban J connectivity index is 1.76. The van der Waals surface area contributed by atoms with Gasteiger partial charge in [-0.15, -0.1) is 11.3 Å². The molecule has 6 heteroatoms. The lowest BCUT2D eigenvalue weighted by molar-refractivity contribution is 0.123. The molecule has 0 bridgehead atoms. The van der Waals surface area contributed by atoms with Crippen molar-refractivity contribution in [2.24, 2.45) is 0 Å². The summed E-state index contributed by atoms with van der Waals surface area (Å²) in [5, 5.41) is 6.23. The third kappa shape index (κ3) is 2.45. The number of hydrogen-bond acceptors (Lipinski definition) is 6. The zero-order chi connectivity index (χ0) is 14.9. The number of hydrogen-bond donors (Lipinski definition) is 1. The van der Waals surface area contributed by atoms with Crippen LogP contribution >= 0.6 is 11.3 Å². The van der Waals surface area contributed by atoms with Crippen LogP contribution in [-0.2, 0) is 4.74 Å². The minimum atomic E-state index is 0.810. The Morgan fingerprint density at radius 1 is 1.09 bits per heavy atom. The lowest BCUT2D eigenvalue weighted by atomic mass is 10.1. The number of thiophene rings is 1. The topological polar surface area (TPSA) is 40.6 Å². The molecular weight excluding hydrogens is 296 g/mol. The van der Waals surface area contributed by atoms with E-state index in [1.165, 1.54) is 26.3 Å². The van der Waals surface area contributed by atoms with Crippen LogP contribution < -0.4 is 15.1 Å². The summed E-state index contributed by atoms with van der Waals surface area (Å²) < 4.78 is 6.79. The second-order valence-electron chi connectivity index (χ2n) is 5.90. The number of aromatic nitrogens is 1. The van der Waals surface area contributed by atoms with Crippen LogP contribution in [0.1, 0.15) is 5.56 Å². The van der Waals surface area contributed by atoms with E-state index < -0.39 is 0 Å². The van der Waals surface area contributed by atoms with Crippen LogP contribution in [0.25, 0.3) is 10.1 Å². The average molecular weight is 318 g/mol. The van der Waals surface area contributed by atoms with Gasteiger partial charge in [-0.2, -0.15) is 0 Å². The van der Waals surface area contributed by atoms with E-state index in [2.05, 4.69) is 27.0 Å². The van der Waals surface area contributed by atoms with Crippen molar-refractivity contribution in [2.45, 2.75) is 6.92 Å². The number of rotatable bonds is 2. The molecule has 0 aromatic carbocycles. The summed E-state index contributed by atoms with van der Waals surface area (Å²) >= 11 is 1.89. The zero-order valence-corrected chi connectivity index (χ0v) is 13.8. The summed E-state index contributed by atoms with van der Waals surface area (Å²) in [4.78, 5) is 9.41. The van der Waals surface area contributed by atoms with E-state index in [9.17, 15) is 0 Å². The fourth-order valence-corrected chi connectivity index (χ4v) is 4.63. The van der Waals surface area contributed by atoms with Crippen molar-refractivity contribution >= 4 is 32.1 Å². The Bertz CT molecular complexity index is 659. The molecule has 2 aromatic rings. The molecule has 0 radical (unpaired) electrons. The second-order valence-corrected chi connectivity index (χ2v) is 6.93. The molecule has 118 valence electrons. The molecule has 2 aliphatic rings. The monoisotopic (exact) mass is 318 g/mol. The van der Waals surface area contributed by atoms with Gasteiger partial charge in [0, 0.05) is 50.9 Å². The van der Waals surface area contributed by atoms with Gasteiger partial charge in [0.2, 0.25) is 0 Å². The molecule has 22 heavy (non-hydrogen) atoms. The Morgan fingerprint density at radius 2 is 1.86 bits per heavy atom. The van der Waals surface area contributed by atoms with Crippen molar-refractivity contribution in [2.75, 3.05) is 62.3 Å². The van der Waals surface area contributed by atoms with Gasteiger partial charge >= 0.3 is 0 Å². The van der Waals surface area contributed by atoms with Crippen molar-refractivity contribution in [3.63, 3.8) is 0 Å². The normalized spacial score (nSPS) is 19.9. The van der Waals surface area contributed by atoms with Gasteiger partial charge in [0.25, 0.3) is 0 Å². The molecule has 4 rings (SSSR count). The summed E-state index contributed by atoms with van der Waals surface area (Å²) in [6, 6.07) is 0. The molecule has 0 unspecified atom stereocenters. The Hall–Kier alpha value is -1.37. The molecule has 0 amide bonds. The summed E-state index contributed by atoms with van der Waals surface area (Å²) in [5.74, 6) is 0. The lowest BCUT2D eigenvalue weighted by Gasteiger charge is -2.30. The van der Waals surface area contributed by atoms with Gasteiger partial charge in [-0.3, -0.25) is 4.98 Å². The van der Waals surface area contributed by atoms with Crippen molar-refractivity contribution in [3.8, 4) is 0 Å². The molecule has 0 saturated carbocycles. The predicted octanol–water partition coefficient (Wildman–Crippen LogP) is 1.85. The number of morpholine rings is 1. The largest absolute Gasteiger partial charge is 0.378 e. The van der Waals surface area contributed by atoms with Crippen molar-refractivity contribution in [1.29, 1.82) is 0 Å². The van der Waals surface area contributed by atoms with Crippen LogP contribution in [0.15, 0.2) is 12.4 Å². The maximum Gasteiger partial charge on any atom is 0.0952 e. The van der Waals surface area contributed by atoms with Crippen LogP contribution in [0, 0.1) is 6.92 Å². The van der Waals surface area contributed by atoms with E-state index in [0.29, 0.717) is 0 Å². The first-order valence-corrected chi connectivity index (χ1v) is 8.82. The molecule has 5 nitrogen and oxygen atoms in total. The van der Waals surface area contributed by atoms with E-state index in [1.807, 2.05) is 23.7 Å². The molecule has 4 heterocycles. The highest BCUT2D eigenvalue weighted by atomic mass is 32.1. The fourth-order valence-electron chi connectivity index (χ4n) is 3.39. The Kier molecular flexibility index (Phi) is 3.90. The molecule has 2 fully saturated rings. The number of nitrogens with one attached hydrogen (secondary N) is 1. The Morgan fingerprint density at radius 3 is 2.64 bits per heavy atom. The van der Waals surface area contributed by atoms with E-state index in [0.717, 1.165) is 52.5 Å². The molecule has 0 aliphatic carbocycles. The zero-order valence-electron chi connectivity index (χ0n) is 13.0. The van der Waals surface area contributed by atoms with E-state index in [1.54, 1.807) is 0 Å². The standard InChI is InChI=1S/C16H22N4OS/c1-12-15-13(19-6-8-21-9-7-19)10-18-11-14(15)22-16(12)20-4-2-17-3-5-20/h10-11,17H,2-9H2,1H3. The predicted molar refractivity (Wildman–Crippen MR) is 92.5 cm³/mol. The van der Waals surface area contributed by atoms with Gasteiger partial charge in [0.15, 0.2) is 0 Å². The number of aryl methyl sites for hydroxylation is 1. The molecule has 0 spiro atoms. The quantitative estimate of drug-likeness (QED) is 0.915. The lowest BCUT2D eigenvalue weighted by Crippen LogP contribution is -2.43. The van der Waals surface area contributed by atoms with Gasteiger partial charge in [-0.05, 0) is 12.5 Å². The minimum Gasteiger partial charge on any atom is -0.378 e. The molecular formula is C16H22N4OS. The van der Waals surface area contributed by atoms with E-state index in [-0.39, 0.29) is 0 Å². The average Bonchev–Trinajstić information content (AvgIpc) is 2.94. The van der Waals surface area contributed by atoms with Gasteiger partial charge < -0.3 is 19.9 Å². The molecule has 2 aliphatic heterocycles. The highest BCUT2D eigenvalue weighted by Crippen LogP contribution is 2.41. The van der Waals surface area contributed by atoms with Crippen molar-refractivity contribution < 1.29 is 4.74 Å². The van der Waals surface area contributed by atoms with Crippen LogP contribution in [0.3, 0.4) is 0 Å². The smallest absolute Gasteiger partial charge is 0.0952 e. The minimum absolute atomic E-state index is 0.810. The van der Waals surface area contributed by atoms with Gasteiger partial charge in [-0.1, -0.05) is 0 Å². The molecule has 2 saturated heterocycles. The van der Waals surface area contributed by atoms with Crippen LogP contribution in [0.4, 0.5) is 10.7 Å². The number of piperazine rings is 1. The summed E-state index contributed by atoms with van der Waals surface area (Å²) in [6.45, 7) is 10.1. The molecule has 1 N–H and O–H groups in total. The maximum atomic E-state index is 5.49. The Labute approximate surface area is 134 Å². The van der Waals surface area contributed by atoms with E-state index in [4.69, 9.17) is 4.74 Å². The SMILES string of the molecule is Cc1c(N2CCNCC2)sc2cncc(N3CCOCC3)c12. The molecule has 0 atom stereocenters. The third-order valence-corrected chi connectivity index (χ3v) is 5.84. The van der Waals surface area contributed by atoms with Crippen LogP contribution in [0.2, 0.25) is 0 Å². The first-order valence-electron chi connectivity index (χ1n) is 8.00. The van der Waals surface area contributed by atoms with Gasteiger partial charge in [0.1, 0.15) is 0 Å². The second kappa shape index (κ2) is 6.02. The number of fused-ring (bicyclic) bond motifs is 1. The summed E-state index contributed by atoms with van der Waals surface area (Å²) in [7, 11) is 0. The van der Waals surface area contributed by atoms with Gasteiger partial charge in [0.05, 0.1) is 34.8 Å². The van der Waals surface area contributed by atoms with E-state index >= 15 is 0 Å². The number of anilines is 2. The third-order valence-electron chi connectivity index (χ3n) is 4.55. The number of nitrogens with zero attached hydrogens (tertiary/aromatic N) is 3. The highest BCUT2D eigenvalue weighted by Gasteiger charge is 2.21. The van der Waals surface area contributed by atoms with Crippen molar-refractivity contribution in [1.82, 2.24) is 10.3 Å². The van der Waals surface area contributed by atoms with Gasteiger partial charge in [-0.25, -0.2) is 0 Å². The first kappa shape index (κ1) is 14.2. The summed E-state index contributed by atoms with van der Waals surface area (Å²) in [5.41, 5.74) is 2.68. The fraction of sp³-hybridized carbons (Fsp3) is 0.562. The summed E-state index contributed by atoms with van der Waals surface area (Å²) in [6.07, 6.45) is 4.04. The number of ether oxygens (including phenoxy) is 1. The highest BCUT2D eigenvalue weighted by molar-refractivity contribution is 7.23. The maximum absolute atomic E-state index is 5.49. The van der Waals surface area contributed by atoms with Crippen molar-refractivity contribution in [3.05, 3.63) is 18.0 Å². The number of pyridine rings is 1. The first-order chi connectivity index (χ1) is 10.8. The van der Waals surface area contributed by atoms with Crippen LogP contribution in [0.5, 0.6) is 0 Å². The molecule has 2 aromatic heterocycles. The van der Waals surface area contributed by atoms with Crippen LogP contribution in [-0.4, -0.2) is 57.5 Å².